The normalized spacial score (nSPS) is 16.7. The molecule has 198 valence electrons. The number of pyridine rings is 1. The van der Waals surface area contributed by atoms with Crippen molar-refractivity contribution in [2.75, 3.05) is 11.9 Å². The van der Waals surface area contributed by atoms with Crippen molar-refractivity contribution in [1.29, 1.82) is 0 Å². The quantitative estimate of drug-likeness (QED) is 0.338. The summed E-state index contributed by atoms with van der Waals surface area (Å²) in [4.78, 5) is 32.6. The van der Waals surface area contributed by atoms with Gasteiger partial charge in [-0.1, -0.05) is 24.3 Å². The summed E-state index contributed by atoms with van der Waals surface area (Å²) in [5.74, 6) is 0.479. The van der Waals surface area contributed by atoms with Gasteiger partial charge in [0, 0.05) is 57.3 Å². The van der Waals surface area contributed by atoms with E-state index in [1.807, 2.05) is 59.2 Å². The van der Waals surface area contributed by atoms with Crippen LogP contribution in [0.15, 0.2) is 73.1 Å². The van der Waals surface area contributed by atoms with Crippen LogP contribution in [0.25, 0.3) is 27.7 Å². The van der Waals surface area contributed by atoms with Gasteiger partial charge >= 0.3 is 0 Å². The van der Waals surface area contributed by atoms with Gasteiger partial charge in [0.05, 0.1) is 11.2 Å². The Morgan fingerprint density at radius 2 is 1.85 bits per heavy atom. The average Bonchev–Trinajstić information content (AvgIpc) is 3.45. The number of nitrogens with one attached hydrogen (secondary N) is 1. The summed E-state index contributed by atoms with van der Waals surface area (Å²) in [5, 5.41) is 8.15. The van der Waals surface area contributed by atoms with E-state index in [4.69, 9.17) is 0 Å². The number of fused-ring (bicyclic) bond motifs is 2. The van der Waals surface area contributed by atoms with Crippen molar-refractivity contribution >= 4 is 43.3 Å². The molecule has 7 rings (SSSR count). The monoisotopic (exact) mass is 544 g/mol. The first-order valence-electron chi connectivity index (χ1n) is 13.7. The molecule has 0 bridgehead atoms. The third-order valence-electron chi connectivity index (χ3n) is 7.74. The second-order valence-corrected chi connectivity index (χ2v) is 11.8. The number of aryl methyl sites for hydroxylation is 1. The number of amides is 2. The molecule has 2 fully saturated rings. The Morgan fingerprint density at radius 1 is 1.02 bits per heavy atom. The zero-order valence-electron chi connectivity index (χ0n) is 22.2. The Bertz CT molecular complexity index is 1840. The molecule has 1 unspecified atom stereocenters. The van der Waals surface area contributed by atoms with Crippen molar-refractivity contribution < 1.29 is 9.59 Å². The number of benzene rings is 2. The van der Waals surface area contributed by atoms with Crippen molar-refractivity contribution in [2.24, 2.45) is 13.0 Å². The smallest absolute Gasteiger partial charge is 0.256 e. The predicted molar refractivity (Wildman–Crippen MR) is 155 cm³/mol. The summed E-state index contributed by atoms with van der Waals surface area (Å²) >= 11 is 0. The molecule has 0 spiro atoms. The molecule has 0 radical (unpaired) electrons. The lowest BCUT2D eigenvalue weighted by molar-refractivity contribution is -0.117. The third-order valence-corrected chi connectivity index (χ3v) is 9.11. The fourth-order valence-corrected chi connectivity index (χ4v) is 6.67. The van der Waals surface area contributed by atoms with Crippen LogP contribution in [0.3, 0.4) is 0 Å². The van der Waals surface area contributed by atoms with Crippen LogP contribution in [-0.2, 0) is 11.8 Å². The Labute approximate surface area is 233 Å². The summed E-state index contributed by atoms with van der Waals surface area (Å²) in [6, 6.07) is 20.3. The van der Waals surface area contributed by atoms with E-state index in [1.54, 1.807) is 4.52 Å². The summed E-state index contributed by atoms with van der Waals surface area (Å²) in [6.07, 6.45) is 7.68. The fraction of sp³-hybridized carbons (Fsp3) is 0.258. The van der Waals surface area contributed by atoms with E-state index in [-0.39, 0.29) is 23.4 Å². The van der Waals surface area contributed by atoms with Gasteiger partial charge in [-0.05, 0) is 73.2 Å². The Morgan fingerprint density at radius 3 is 2.67 bits per heavy atom. The van der Waals surface area contributed by atoms with Crippen molar-refractivity contribution in [2.45, 2.75) is 31.3 Å². The van der Waals surface area contributed by atoms with Gasteiger partial charge in [0.15, 0.2) is 5.65 Å². The topological polar surface area (TPSA) is 84.5 Å². The van der Waals surface area contributed by atoms with Crippen LogP contribution in [-0.4, -0.2) is 57.0 Å². The molecule has 5 aromatic rings. The van der Waals surface area contributed by atoms with E-state index in [9.17, 15) is 9.59 Å². The maximum Gasteiger partial charge on any atom is 0.256 e. The number of hydrogen-bond donors (Lipinski definition) is 1. The second-order valence-electron chi connectivity index (χ2n) is 10.6. The number of likely N-dealkylation sites (tertiary alicyclic amines) is 1. The molecule has 8 nitrogen and oxygen atoms in total. The Kier molecular flexibility index (Phi) is 6.10. The molecule has 1 saturated heterocycles. The van der Waals surface area contributed by atoms with Gasteiger partial charge in [0.25, 0.3) is 5.91 Å². The predicted octanol–water partition coefficient (Wildman–Crippen LogP) is 4.51. The average molecular weight is 545 g/mol. The highest BCUT2D eigenvalue weighted by atomic mass is 28.2. The van der Waals surface area contributed by atoms with Crippen LogP contribution in [0.5, 0.6) is 0 Å². The number of nitrogens with zero attached hydrogens (tertiary/aromatic N) is 5. The van der Waals surface area contributed by atoms with Crippen molar-refractivity contribution in [3.8, 4) is 16.6 Å². The van der Waals surface area contributed by atoms with Crippen LogP contribution < -0.4 is 5.32 Å². The summed E-state index contributed by atoms with van der Waals surface area (Å²) in [7, 11) is 2.42. The van der Waals surface area contributed by atoms with Crippen LogP contribution >= 0.6 is 0 Å². The van der Waals surface area contributed by atoms with E-state index in [2.05, 4.69) is 51.2 Å². The number of carbonyl (C=O) groups is 2. The molecule has 4 heterocycles. The first-order valence-corrected chi connectivity index (χ1v) is 14.8. The van der Waals surface area contributed by atoms with Crippen molar-refractivity contribution in [3.63, 3.8) is 0 Å². The molecule has 2 amide bonds. The van der Waals surface area contributed by atoms with Gasteiger partial charge in [0.2, 0.25) is 11.9 Å². The molecule has 1 aliphatic heterocycles. The molecule has 1 saturated carbocycles. The number of rotatable bonds is 4. The maximum absolute atomic E-state index is 13.9. The lowest BCUT2D eigenvalue weighted by Crippen LogP contribution is -2.36. The minimum Gasteiger partial charge on any atom is -0.350 e. The molecule has 1 aliphatic carbocycles. The number of aromatic nitrogens is 4. The summed E-state index contributed by atoms with van der Waals surface area (Å²) in [6.45, 7) is 0.770. The van der Waals surface area contributed by atoms with E-state index < -0.39 is 0 Å². The van der Waals surface area contributed by atoms with Gasteiger partial charge in [-0.25, -0.2) is 4.52 Å². The lowest BCUT2D eigenvalue weighted by Gasteiger charge is -2.20. The zero-order chi connectivity index (χ0) is 27.2. The second kappa shape index (κ2) is 9.93. The van der Waals surface area contributed by atoms with E-state index in [0.717, 1.165) is 65.4 Å². The molecule has 1 N–H and O–H groups in total. The molecular weight excluding hydrogens is 516 g/mol. The van der Waals surface area contributed by atoms with Crippen LogP contribution in [0, 0.1) is 11.4 Å². The van der Waals surface area contributed by atoms with Gasteiger partial charge in [0.1, 0.15) is 0 Å². The van der Waals surface area contributed by atoms with Gasteiger partial charge in [-0.2, -0.15) is 4.98 Å². The first-order chi connectivity index (χ1) is 19.5. The highest BCUT2D eigenvalue weighted by Gasteiger charge is 2.31. The summed E-state index contributed by atoms with van der Waals surface area (Å²) < 4.78 is 3.69. The highest BCUT2D eigenvalue weighted by Crippen LogP contribution is 2.31. The zero-order valence-corrected chi connectivity index (χ0v) is 23.2. The lowest BCUT2D eigenvalue weighted by atomic mass is 10.0. The Hall–Kier alpha value is -4.46. The minimum atomic E-state index is -0.0144. The number of carbonyl (C=O) groups excluding carboxylic acids is 2. The van der Waals surface area contributed by atoms with Gasteiger partial charge in [-0.15, -0.1) is 10.6 Å². The largest absolute Gasteiger partial charge is 0.350 e. The van der Waals surface area contributed by atoms with Crippen LogP contribution in [0.4, 0.5) is 5.95 Å². The SMILES string of the molecule is Cn1cc(C(=O)N2CCCC2[Si]#Cc2ccccc2)c2cc(-c3ccn4nc(NC(=O)C5CC5)nc4c3)ccc21. The molecule has 2 aromatic carbocycles. The van der Waals surface area contributed by atoms with Crippen molar-refractivity contribution in [3.05, 3.63) is 84.2 Å². The fourth-order valence-electron chi connectivity index (χ4n) is 5.42. The van der Waals surface area contributed by atoms with Crippen LogP contribution in [0.1, 0.15) is 41.6 Å². The number of anilines is 1. The van der Waals surface area contributed by atoms with Gasteiger partial charge < -0.3 is 9.47 Å². The molecule has 1 atom stereocenters. The first kappa shape index (κ1) is 24.6. The molecule has 40 heavy (non-hydrogen) atoms. The molecule has 2 aliphatic rings. The molecule has 3 aromatic heterocycles. The van der Waals surface area contributed by atoms with E-state index in [0.29, 0.717) is 20.6 Å². The Balaban J connectivity index is 1.19. The summed E-state index contributed by atoms with van der Waals surface area (Å²) in [5.41, 5.74) is 9.14. The third kappa shape index (κ3) is 4.63. The standard InChI is InChI=1S/C31H28N6O2Si/c1-35-18-25(30(39)36-14-5-8-28(36)40-19-20-6-3-2-4-7-20)24-16-22(11-12-26(24)35)23-13-15-37-27(17-23)32-31(34-37)33-29(38)21-9-10-21/h2-4,6-7,11-13,15-18,21,28H,5,8-10,14H2,1H3,(H,33,34,38). The van der Waals surface area contributed by atoms with E-state index >= 15 is 0 Å². The highest BCUT2D eigenvalue weighted by molar-refractivity contribution is 6.28. The molecule has 9 heteroatoms. The van der Waals surface area contributed by atoms with Gasteiger partial charge in [-0.3, -0.25) is 14.9 Å². The van der Waals surface area contributed by atoms with Crippen molar-refractivity contribution in [1.82, 2.24) is 24.1 Å². The minimum absolute atomic E-state index is 0.0144. The maximum atomic E-state index is 13.9. The van der Waals surface area contributed by atoms with E-state index in [1.165, 1.54) is 0 Å². The molecular formula is C31H28N6O2Si. The van der Waals surface area contributed by atoms with Crippen LogP contribution in [0.2, 0.25) is 0 Å². The number of hydrogen-bond acceptors (Lipinski definition) is 4.